The van der Waals surface area contributed by atoms with Crippen molar-refractivity contribution in [1.82, 2.24) is 4.57 Å². The predicted molar refractivity (Wildman–Crippen MR) is 104 cm³/mol. The van der Waals surface area contributed by atoms with E-state index in [2.05, 4.69) is 5.32 Å². The molecule has 0 fully saturated rings. The minimum absolute atomic E-state index is 0.000793. The Hall–Kier alpha value is -3.48. The molecule has 0 aliphatic rings. The second kappa shape index (κ2) is 7.03. The Morgan fingerprint density at radius 2 is 1.96 bits per heavy atom. The SMILES string of the molecule is CCn1cc(C(=O)Nc2cccc([N+](=O)[O-])c2C)c(=O)c2cc(C)ccc21. The maximum atomic E-state index is 12.9. The van der Waals surface area contributed by atoms with Gasteiger partial charge in [0.05, 0.1) is 21.7 Å². The number of benzene rings is 2. The third-order valence-corrected chi connectivity index (χ3v) is 4.57. The van der Waals surface area contributed by atoms with Crippen LogP contribution in [0.3, 0.4) is 0 Å². The van der Waals surface area contributed by atoms with Crippen LogP contribution in [0.25, 0.3) is 10.9 Å². The van der Waals surface area contributed by atoms with E-state index in [-0.39, 0.29) is 16.7 Å². The van der Waals surface area contributed by atoms with E-state index in [1.807, 2.05) is 30.5 Å². The number of carbonyl (C=O) groups excluding carboxylic acids is 1. The fourth-order valence-electron chi connectivity index (χ4n) is 3.08. The first-order chi connectivity index (χ1) is 12.8. The van der Waals surface area contributed by atoms with Crippen LogP contribution in [0.2, 0.25) is 0 Å². The van der Waals surface area contributed by atoms with E-state index >= 15 is 0 Å². The fraction of sp³-hybridized carbons (Fsp3) is 0.200. The zero-order valence-corrected chi connectivity index (χ0v) is 15.3. The number of aryl methyl sites for hydroxylation is 2. The maximum Gasteiger partial charge on any atom is 0.274 e. The number of anilines is 1. The van der Waals surface area contributed by atoms with Crippen molar-refractivity contribution < 1.29 is 9.72 Å². The highest BCUT2D eigenvalue weighted by Crippen LogP contribution is 2.25. The van der Waals surface area contributed by atoms with Gasteiger partial charge in [0, 0.05) is 24.2 Å². The Morgan fingerprint density at radius 3 is 2.63 bits per heavy atom. The fourth-order valence-corrected chi connectivity index (χ4v) is 3.08. The van der Waals surface area contributed by atoms with Gasteiger partial charge in [-0.05, 0) is 39.0 Å². The summed E-state index contributed by atoms with van der Waals surface area (Å²) in [5.41, 5.74) is 1.88. The van der Waals surface area contributed by atoms with Gasteiger partial charge in [-0.3, -0.25) is 19.7 Å². The van der Waals surface area contributed by atoms with Crippen LogP contribution < -0.4 is 10.7 Å². The van der Waals surface area contributed by atoms with Crippen LogP contribution in [-0.2, 0) is 6.54 Å². The molecular formula is C20H19N3O4. The molecule has 0 saturated carbocycles. The molecule has 1 amide bonds. The lowest BCUT2D eigenvalue weighted by molar-refractivity contribution is -0.385. The number of nitro groups is 1. The van der Waals surface area contributed by atoms with Crippen molar-refractivity contribution in [3.05, 3.63) is 79.6 Å². The summed E-state index contributed by atoms with van der Waals surface area (Å²) in [4.78, 5) is 36.2. The van der Waals surface area contributed by atoms with E-state index < -0.39 is 10.8 Å². The highest BCUT2D eigenvalue weighted by molar-refractivity contribution is 6.06. The number of carbonyl (C=O) groups is 1. The summed E-state index contributed by atoms with van der Waals surface area (Å²) >= 11 is 0. The predicted octanol–water partition coefficient (Wildman–Crippen LogP) is 3.80. The number of amides is 1. The molecule has 1 aromatic heterocycles. The van der Waals surface area contributed by atoms with Gasteiger partial charge in [-0.25, -0.2) is 0 Å². The van der Waals surface area contributed by atoms with Crippen molar-refractivity contribution >= 4 is 28.2 Å². The summed E-state index contributed by atoms with van der Waals surface area (Å²) in [5.74, 6) is -0.589. The van der Waals surface area contributed by atoms with Gasteiger partial charge >= 0.3 is 0 Å². The minimum Gasteiger partial charge on any atom is -0.347 e. The van der Waals surface area contributed by atoms with Crippen LogP contribution in [0.4, 0.5) is 11.4 Å². The first-order valence-corrected chi connectivity index (χ1v) is 8.52. The summed E-state index contributed by atoms with van der Waals surface area (Å²) in [6.45, 7) is 5.96. The van der Waals surface area contributed by atoms with Gasteiger partial charge in [-0.1, -0.05) is 17.7 Å². The lowest BCUT2D eigenvalue weighted by atomic mass is 10.1. The van der Waals surface area contributed by atoms with Gasteiger partial charge in [-0.2, -0.15) is 0 Å². The van der Waals surface area contributed by atoms with Crippen molar-refractivity contribution in [2.75, 3.05) is 5.32 Å². The number of aromatic nitrogens is 1. The second-order valence-electron chi connectivity index (χ2n) is 6.34. The number of hydrogen-bond donors (Lipinski definition) is 1. The molecule has 2 aromatic carbocycles. The molecule has 0 bridgehead atoms. The number of rotatable bonds is 4. The molecular weight excluding hydrogens is 346 g/mol. The summed E-state index contributed by atoms with van der Waals surface area (Å²) < 4.78 is 1.84. The molecule has 1 heterocycles. The van der Waals surface area contributed by atoms with Crippen LogP contribution >= 0.6 is 0 Å². The summed E-state index contributed by atoms with van der Waals surface area (Å²) in [5, 5.41) is 14.2. The Kier molecular flexibility index (Phi) is 4.77. The molecule has 0 saturated heterocycles. The van der Waals surface area contributed by atoms with Crippen LogP contribution in [0.1, 0.15) is 28.4 Å². The first-order valence-electron chi connectivity index (χ1n) is 8.52. The highest BCUT2D eigenvalue weighted by atomic mass is 16.6. The van der Waals surface area contributed by atoms with Crippen molar-refractivity contribution in [1.29, 1.82) is 0 Å². The molecule has 0 unspecified atom stereocenters. The number of hydrogen-bond acceptors (Lipinski definition) is 4. The number of nitrogens with zero attached hydrogens (tertiary/aromatic N) is 2. The Morgan fingerprint density at radius 1 is 1.22 bits per heavy atom. The van der Waals surface area contributed by atoms with E-state index in [9.17, 15) is 19.7 Å². The molecule has 3 aromatic rings. The third kappa shape index (κ3) is 3.31. The van der Waals surface area contributed by atoms with Crippen LogP contribution in [-0.4, -0.2) is 15.4 Å². The van der Waals surface area contributed by atoms with Gasteiger partial charge in [0.1, 0.15) is 5.56 Å². The Bertz CT molecular complexity index is 1130. The average molecular weight is 365 g/mol. The Labute approximate surface area is 155 Å². The highest BCUT2D eigenvalue weighted by Gasteiger charge is 2.19. The van der Waals surface area contributed by atoms with Crippen molar-refractivity contribution in [3.8, 4) is 0 Å². The zero-order chi connectivity index (χ0) is 19.7. The van der Waals surface area contributed by atoms with E-state index in [0.717, 1.165) is 11.1 Å². The molecule has 27 heavy (non-hydrogen) atoms. The average Bonchev–Trinajstić information content (AvgIpc) is 2.63. The number of pyridine rings is 1. The van der Waals surface area contributed by atoms with Crippen LogP contribution in [0, 0.1) is 24.0 Å². The van der Waals surface area contributed by atoms with Crippen molar-refractivity contribution in [3.63, 3.8) is 0 Å². The molecule has 7 heteroatoms. The normalized spacial score (nSPS) is 10.8. The monoisotopic (exact) mass is 365 g/mol. The van der Waals surface area contributed by atoms with Crippen molar-refractivity contribution in [2.24, 2.45) is 0 Å². The number of nitrogens with one attached hydrogen (secondary N) is 1. The van der Waals surface area contributed by atoms with Gasteiger partial charge in [0.15, 0.2) is 0 Å². The molecule has 1 N–H and O–H groups in total. The van der Waals surface area contributed by atoms with Gasteiger partial charge in [0.2, 0.25) is 5.43 Å². The molecule has 3 rings (SSSR count). The Balaban J connectivity index is 2.09. The number of nitro benzene ring substituents is 1. The standard InChI is InChI=1S/C20H19N3O4/c1-4-22-11-15(19(24)14-10-12(2)8-9-18(14)22)20(25)21-16-6-5-7-17(13(16)3)23(26)27/h5-11H,4H2,1-3H3,(H,21,25). The van der Waals surface area contributed by atoms with Crippen LogP contribution in [0.5, 0.6) is 0 Å². The quantitative estimate of drug-likeness (QED) is 0.562. The van der Waals surface area contributed by atoms with Gasteiger partial charge in [-0.15, -0.1) is 0 Å². The summed E-state index contributed by atoms with van der Waals surface area (Å²) in [6.07, 6.45) is 1.53. The minimum atomic E-state index is -0.589. The molecule has 0 radical (unpaired) electrons. The molecule has 7 nitrogen and oxygen atoms in total. The second-order valence-corrected chi connectivity index (χ2v) is 6.34. The van der Waals surface area contributed by atoms with E-state index in [0.29, 0.717) is 23.2 Å². The topological polar surface area (TPSA) is 94.2 Å². The lowest BCUT2D eigenvalue weighted by Gasteiger charge is -2.13. The molecule has 0 aliphatic heterocycles. The van der Waals surface area contributed by atoms with Gasteiger partial charge in [0.25, 0.3) is 11.6 Å². The maximum absolute atomic E-state index is 12.9. The van der Waals surface area contributed by atoms with E-state index in [1.54, 1.807) is 19.1 Å². The smallest absolute Gasteiger partial charge is 0.274 e. The molecule has 0 atom stereocenters. The van der Waals surface area contributed by atoms with E-state index in [1.165, 1.54) is 18.3 Å². The molecule has 0 aliphatic carbocycles. The molecule has 138 valence electrons. The van der Waals surface area contributed by atoms with E-state index in [4.69, 9.17) is 0 Å². The van der Waals surface area contributed by atoms with Crippen LogP contribution in [0.15, 0.2) is 47.4 Å². The largest absolute Gasteiger partial charge is 0.347 e. The van der Waals surface area contributed by atoms with Crippen molar-refractivity contribution in [2.45, 2.75) is 27.3 Å². The summed E-state index contributed by atoms with van der Waals surface area (Å²) in [7, 11) is 0. The molecule has 0 spiro atoms. The number of fused-ring (bicyclic) bond motifs is 1. The zero-order valence-electron chi connectivity index (χ0n) is 15.3. The van der Waals surface area contributed by atoms with Gasteiger partial charge < -0.3 is 9.88 Å². The first kappa shape index (κ1) is 18.3. The lowest BCUT2D eigenvalue weighted by Crippen LogP contribution is -2.24. The third-order valence-electron chi connectivity index (χ3n) is 4.57. The summed E-state index contributed by atoms with van der Waals surface area (Å²) in [6, 6.07) is 9.98.